The maximum absolute atomic E-state index is 13.3. The van der Waals surface area contributed by atoms with E-state index in [1.54, 1.807) is 55.6 Å². The number of hydrogen-bond acceptors (Lipinski definition) is 10. The lowest BCUT2D eigenvalue weighted by Crippen LogP contribution is -2.60. The number of carbonyl (C=O) groups is 2. The van der Waals surface area contributed by atoms with Gasteiger partial charge >= 0.3 is 11.9 Å². The molecule has 0 N–H and O–H groups in total. The van der Waals surface area contributed by atoms with E-state index in [0.717, 1.165) is 0 Å². The molecule has 12 nitrogen and oxygen atoms in total. The van der Waals surface area contributed by atoms with Crippen molar-refractivity contribution < 1.29 is 42.7 Å². The molecule has 0 radical (unpaired) electrons. The number of hydrogen-bond donors (Lipinski definition) is 0. The summed E-state index contributed by atoms with van der Waals surface area (Å²) in [4.78, 5) is 27.8. The van der Waals surface area contributed by atoms with E-state index in [0.29, 0.717) is 23.5 Å². The third-order valence-electron chi connectivity index (χ3n) is 8.42. The lowest BCUT2D eigenvalue weighted by Gasteiger charge is -2.48. The highest BCUT2D eigenvalue weighted by atomic mass is 16.7. The summed E-state index contributed by atoms with van der Waals surface area (Å²) in [6.07, 6.45) is -3.87. The molecule has 0 bridgehead atoms. The van der Waals surface area contributed by atoms with E-state index in [2.05, 4.69) is 10.0 Å². The minimum Gasteiger partial charge on any atom is -0.497 e. The summed E-state index contributed by atoms with van der Waals surface area (Å²) in [5.41, 5.74) is 9.75. The normalized spacial score (nSPS) is 31.7. The SMILES string of the molecule is CCC1O[C@@H](Oc2ccc(OC)cc2)C(OC(=O)c2ccccc2)[C@@H](C)[C@@H]1O[C@@H]1OC(COC(C)=O)[C@@H](C)[C@H](C)C1N=[N+]=[N-]. The highest BCUT2D eigenvalue weighted by molar-refractivity contribution is 5.89. The van der Waals surface area contributed by atoms with Crippen LogP contribution >= 0.6 is 0 Å². The van der Waals surface area contributed by atoms with Gasteiger partial charge in [0, 0.05) is 17.8 Å². The van der Waals surface area contributed by atoms with Gasteiger partial charge in [0.15, 0.2) is 12.4 Å². The molecule has 2 fully saturated rings. The summed E-state index contributed by atoms with van der Waals surface area (Å²) in [6.45, 7) is 9.13. The van der Waals surface area contributed by atoms with Crippen molar-refractivity contribution in [2.45, 2.75) is 84.1 Å². The third kappa shape index (κ3) is 7.81. The summed E-state index contributed by atoms with van der Waals surface area (Å²) in [7, 11) is 1.58. The number of nitrogens with zero attached hydrogens (tertiary/aromatic N) is 3. The molecule has 2 aromatic carbocycles. The molecule has 0 spiro atoms. The first-order valence-corrected chi connectivity index (χ1v) is 14.9. The standard InChI is InChI=1S/C32H41N3O9/c1-7-25-28(44-31-27(34-35-33)19(3)18(2)26(42-31)17-39-21(5)36)20(4)29(43-30(37)22-11-9-8-10-12-22)32(41-25)40-24-15-13-23(38-6)14-16-24/h8-16,18-20,25-29,31-32H,7,17H2,1-6H3/t18-,19-,20-,25?,26?,27?,28-,29?,31-,32+/m0/s1. The molecular formula is C32H41N3O9. The van der Waals surface area contributed by atoms with Crippen LogP contribution in [0.4, 0.5) is 0 Å². The Labute approximate surface area is 257 Å². The quantitative estimate of drug-likeness (QED) is 0.135. The molecule has 2 saturated heterocycles. The molecule has 0 aliphatic carbocycles. The Kier molecular flexibility index (Phi) is 11.5. The lowest BCUT2D eigenvalue weighted by molar-refractivity contribution is -0.315. The van der Waals surface area contributed by atoms with E-state index in [-0.39, 0.29) is 18.4 Å². The summed E-state index contributed by atoms with van der Waals surface area (Å²) in [5, 5.41) is 4.02. The maximum atomic E-state index is 13.3. The van der Waals surface area contributed by atoms with Gasteiger partial charge in [-0.1, -0.05) is 51.0 Å². The van der Waals surface area contributed by atoms with Crippen molar-refractivity contribution in [3.63, 3.8) is 0 Å². The largest absolute Gasteiger partial charge is 0.497 e. The van der Waals surface area contributed by atoms with Gasteiger partial charge in [-0.3, -0.25) is 4.79 Å². The van der Waals surface area contributed by atoms with E-state index in [1.807, 2.05) is 33.8 Å². The molecule has 2 heterocycles. The van der Waals surface area contributed by atoms with Crippen molar-refractivity contribution in [1.82, 2.24) is 0 Å². The van der Waals surface area contributed by atoms with Gasteiger partial charge in [0.05, 0.1) is 37.0 Å². The molecule has 2 aromatic rings. The molecule has 2 aliphatic heterocycles. The second-order valence-electron chi connectivity index (χ2n) is 11.2. The number of benzene rings is 2. The van der Waals surface area contributed by atoms with Crippen molar-refractivity contribution in [3.05, 3.63) is 70.6 Å². The molecule has 12 heteroatoms. The predicted molar refractivity (Wildman–Crippen MR) is 159 cm³/mol. The fourth-order valence-electron chi connectivity index (χ4n) is 5.60. The van der Waals surface area contributed by atoms with Crippen LogP contribution in [0.15, 0.2) is 59.7 Å². The van der Waals surface area contributed by atoms with Gasteiger partial charge < -0.3 is 33.2 Å². The Morgan fingerprint density at radius 2 is 1.55 bits per heavy atom. The summed E-state index contributed by atoms with van der Waals surface area (Å²) in [5.74, 6) is -0.465. The van der Waals surface area contributed by atoms with Crippen LogP contribution in [0.1, 0.15) is 51.4 Å². The highest BCUT2D eigenvalue weighted by Crippen LogP contribution is 2.39. The first kappa shape index (κ1) is 33.1. The number of esters is 2. The smallest absolute Gasteiger partial charge is 0.338 e. The monoisotopic (exact) mass is 611 g/mol. The van der Waals surface area contributed by atoms with Crippen LogP contribution in [0.2, 0.25) is 0 Å². The maximum Gasteiger partial charge on any atom is 0.338 e. The zero-order valence-electron chi connectivity index (χ0n) is 25.9. The van der Waals surface area contributed by atoms with Gasteiger partial charge in [0.1, 0.15) is 18.1 Å². The predicted octanol–water partition coefficient (Wildman–Crippen LogP) is 5.69. The molecular weight excluding hydrogens is 570 g/mol. The van der Waals surface area contributed by atoms with E-state index < -0.39 is 60.9 Å². The van der Waals surface area contributed by atoms with E-state index in [4.69, 9.17) is 33.2 Å². The molecule has 0 amide bonds. The molecule has 0 aromatic heterocycles. The minimum atomic E-state index is -0.965. The lowest BCUT2D eigenvalue weighted by atomic mass is 9.82. The number of azide groups is 1. The second-order valence-corrected chi connectivity index (χ2v) is 11.2. The van der Waals surface area contributed by atoms with Gasteiger partial charge in [-0.05, 0) is 60.2 Å². The topological polar surface area (TPSA) is 148 Å². The van der Waals surface area contributed by atoms with Crippen LogP contribution < -0.4 is 9.47 Å². The molecule has 238 valence electrons. The van der Waals surface area contributed by atoms with Gasteiger partial charge in [-0.25, -0.2) is 4.79 Å². The third-order valence-corrected chi connectivity index (χ3v) is 8.42. The van der Waals surface area contributed by atoms with Crippen LogP contribution in [0.5, 0.6) is 11.5 Å². The average molecular weight is 612 g/mol. The molecule has 4 unspecified atom stereocenters. The van der Waals surface area contributed by atoms with Crippen molar-refractivity contribution in [1.29, 1.82) is 0 Å². The number of methoxy groups -OCH3 is 1. The number of rotatable bonds is 11. The van der Waals surface area contributed by atoms with Crippen LogP contribution in [0.3, 0.4) is 0 Å². The Bertz CT molecular complexity index is 1290. The van der Waals surface area contributed by atoms with Crippen molar-refractivity contribution in [2.75, 3.05) is 13.7 Å². The number of carbonyl (C=O) groups excluding carboxylic acids is 2. The highest BCUT2D eigenvalue weighted by Gasteiger charge is 2.50. The van der Waals surface area contributed by atoms with Gasteiger partial charge in [-0.15, -0.1) is 0 Å². The van der Waals surface area contributed by atoms with Crippen LogP contribution in [-0.2, 0) is 28.5 Å². The van der Waals surface area contributed by atoms with Gasteiger partial charge in [0.2, 0.25) is 6.29 Å². The number of ether oxygens (including phenoxy) is 7. The van der Waals surface area contributed by atoms with Crippen LogP contribution in [0.25, 0.3) is 10.4 Å². The Balaban J connectivity index is 1.62. The molecule has 0 saturated carbocycles. The van der Waals surface area contributed by atoms with Crippen molar-refractivity contribution in [2.24, 2.45) is 22.9 Å². The molecule has 4 rings (SSSR count). The zero-order chi connectivity index (χ0) is 31.8. The Morgan fingerprint density at radius 1 is 0.886 bits per heavy atom. The Morgan fingerprint density at radius 3 is 2.16 bits per heavy atom. The summed E-state index contributed by atoms with van der Waals surface area (Å²) in [6, 6.07) is 15.0. The van der Waals surface area contributed by atoms with E-state index in [1.165, 1.54) is 6.92 Å². The minimum absolute atomic E-state index is 0.0344. The first-order valence-electron chi connectivity index (χ1n) is 14.9. The van der Waals surface area contributed by atoms with Crippen molar-refractivity contribution >= 4 is 11.9 Å². The second kappa shape index (κ2) is 15.3. The first-order chi connectivity index (χ1) is 21.2. The molecule has 44 heavy (non-hydrogen) atoms. The zero-order valence-corrected chi connectivity index (χ0v) is 25.9. The molecule has 10 atom stereocenters. The van der Waals surface area contributed by atoms with Crippen molar-refractivity contribution in [3.8, 4) is 11.5 Å². The van der Waals surface area contributed by atoms with Crippen LogP contribution in [-0.4, -0.2) is 68.7 Å². The fourth-order valence-corrected chi connectivity index (χ4v) is 5.60. The van der Waals surface area contributed by atoms with Crippen LogP contribution in [0, 0.1) is 17.8 Å². The van der Waals surface area contributed by atoms with E-state index in [9.17, 15) is 15.1 Å². The fraction of sp³-hybridized carbons (Fsp3) is 0.562. The summed E-state index contributed by atoms with van der Waals surface area (Å²) < 4.78 is 42.1. The molecule has 2 aliphatic rings. The van der Waals surface area contributed by atoms with Gasteiger partial charge in [-0.2, -0.15) is 0 Å². The van der Waals surface area contributed by atoms with E-state index >= 15 is 0 Å². The summed E-state index contributed by atoms with van der Waals surface area (Å²) >= 11 is 0. The van der Waals surface area contributed by atoms with Gasteiger partial charge in [0.25, 0.3) is 0 Å². The average Bonchev–Trinajstić information content (AvgIpc) is 3.03. The Hall–Kier alpha value is -3.83.